The van der Waals surface area contributed by atoms with E-state index in [0.29, 0.717) is 41.5 Å². The first kappa shape index (κ1) is 22.8. The summed E-state index contributed by atoms with van der Waals surface area (Å²) >= 11 is 0. The molecule has 0 saturated carbocycles. The van der Waals surface area contributed by atoms with Gasteiger partial charge in [-0.15, -0.1) is 0 Å². The van der Waals surface area contributed by atoms with Crippen LogP contribution >= 0.6 is 0 Å². The number of hydrogen-bond donors (Lipinski definition) is 1. The fourth-order valence-corrected chi connectivity index (χ4v) is 4.54. The minimum absolute atomic E-state index is 0.0333. The number of aliphatic hydroxyl groups excluding tert-OH is 1. The zero-order valence-corrected chi connectivity index (χ0v) is 19.5. The van der Waals surface area contributed by atoms with Crippen LogP contribution in [0.15, 0.2) is 46.5 Å². The van der Waals surface area contributed by atoms with E-state index in [9.17, 15) is 14.7 Å². The number of amides is 1. The van der Waals surface area contributed by atoms with Crippen LogP contribution in [0.4, 0.5) is 0 Å². The van der Waals surface area contributed by atoms with E-state index in [2.05, 4.69) is 23.7 Å². The monoisotopic (exact) mass is 450 g/mol. The Labute approximate surface area is 193 Å². The average Bonchev–Trinajstić information content (AvgIpc) is 3.45. The second-order valence-electron chi connectivity index (χ2n) is 8.30. The van der Waals surface area contributed by atoms with Gasteiger partial charge in [0.15, 0.2) is 5.76 Å². The van der Waals surface area contributed by atoms with E-state index in [1.54, 1.807) is 29.7 Å². The van der Waals surface area contributed by atoms with Crippen LogP contribution in [0.25, 0.3) is 11.4 Å². The summed E-state index contributed by atoms with van der Waals surface area (Å²) in [6, 6.07) is 8.27. The molecule has 0 spiro atoms. The number of Topliss-reactive ketones (excluding diaryl/α,β-unsaturated/α-hetero) is 1. The number of fused-ring (bicyclic) bond motifs is 1. The number of carbonyl (C=O) groups is 2. The molecule has 1 aliphatic rings. The molecule has 1 fully saturated rings. The van der Waals surface area contributed by atoms with Gasteiger partial charge >= 0.3 is 0 Å². The third-order valence-corrected chi connectivity index (χ3v) is 6.27. The van der Waals surface area contributed by atoms with E-state index < -0.39 is 17.7 Å². The van der Waals surface area contributed by atoms with Crippen molar-refractivity contribution in [3.63, 3.8) is 0 Å². The Hall–Kier alpha value is -3.39. The number of furan rings is 1. The molecule has 3 aromatic heterocycles. The highest BCUT2D eigenvalue weighted by Gasteiger charge is 2.47. The number of ketones is 1. The molecular weight excluding hydrogens is 420 g/mol. The van der Waals surface area contributed by atoms with Crippen LogP contribution in [0.5, 0.6) is 0 Å². The van der Waals surface area contributed by atoms with Gasteiger partial charge in [-0.3, -0.25) is 14.0 Å². The SMILES string of the molecule is CCN(CC)CCCN1C(=O)C(=O)/C(=C(\O)c2c(C)nc3ccccn23)[C@@H]1c1ccc(C)o1. The Kier molecular flexibility index (Phi) is 6.37. The van der Waals surface area contributed by atoms with Crippen molar-refractivity contribution in [3.05, 3.63) is 65.0 Å². The van der Waals surface area contributed by atoms with Crippen LogP contribution in [0.1, 0.15) is 49.2 Å². The quantitative estimate of drug-likeness (QED) is 0.320. The summed E-state index contributed by atoms with van der Waals surface area (Å²) in [6.07, 6.45) is 2.48. The van der Waals surface area contributed by atoms with E-state index in [0.717, 1.165) is 19.6 Å². The molecular formula is C25H30N4O4. The minimum atomic E-state index is -0.788. The highest BCUT2D eigenvalue weighted by molar-refractivity contribution is 6.46. The zero-order valence-electron chi connectivity index (χ0n) is 19.5. The molecule has 8 heteroatoms. The van der Waals surface area contributed by atoms with E-state index in [1.807, 2.05) is 25.1 Å². The highest BCUT2D eigenvalue weighted by Crippen LogP contribution is 2.40. The molecule has 0 unspecified atom stereocenters. The van der Waals surface area contributed by atoms with Crippen molar-refractivity contribution >= 4 is 23.1 Å². The van der Waals surface area contributed by atoms with Crippen molar-refractivity contribution in [2.45, 2.75) is 40.2 Å². The summed E-state index contributed by atoms with van der Waals surface area (Å²) in [5.41, 5.74) is 1.65. The standard InChI is InChI=1S/C25H30N4O4/c1-5-27(6-2)13-9-15-29-22(18-12-11-16(3)33-18)20(24(31)25(29)32)23(30)21-17(4)26-19-10-7-8-14-28(19)21/h7-8,10-12,14,22,30H,5-6,9,13,15H2,1-4H3/b23-20-/t22-/m0/s1. The molecule has 0 aromatic carbocycles. The number of aliphatic hydroxyl groups is 1. The second kappa shape index (κ2) is 9.23. The molecule has 3 aromatic rings. The Morgan fingerprint density at radius 3 is 2.58 bits per heavy atom. The highest BCUT2D eigenvalue weighted by atomic mass is 16.3. The lowest BCUT2D eigenvalue weighted by Gasteiger charge is -2.25. The van der Waals surface area contributed by atoms with Crippen LogP contribution in [0, 0.1) is 13.8 Å². The molecule has 1 amide bonds. The topological polar surface area (TPSA) is 91.3 Å². The number of imidazole rings is 1. The molecule has 8 nitrogen and oxygen atoms in total. The smallest absolute Gasteiger partial charge is 0.295 e. The Morgan fingerprint density at radius 2 is 1.91 bits per heavy atom. The van der Waals surface area contributed by atoms with Gasteiger partial charge in [0.25, 0.3) is 11.7 Å². The summed E-state index contributed by atoms with van der Waals surface area (Å²) in [5, 5.41) is 11.4. The summed E-state index contributed by atoms with van der Waals surface area (Å²) < 4.78 is 7.58. The Bertz CT molecular complexity index is 1220. The Morgan fingerprint density at radius 1 is 1.15 bits per heavy atom. The number of aromatic nitrogens is 2. The van der Waals surface area contributed by atoms with Crippen LogP contribution in [0.2, 0.25) is 0 Å². The number of aryl methyl sites for hydroxylation is 2. The number of pyridine rings is 1. The number of nitrogens with zero attached hydrogens (tertiary/aromatic N) is 4. The maximum Gasteiger partial charge on any atom is 0.295 e. The molecule has 0 aliphatic carbocycles. The first-order valence-corrected chi connectivity index (χ1v) is 11.4. The fourth-order valence-electron chi connectivity index (χ4n) is 4.54. The molecule has 4 heterocycles. The first-order valence-electron chi connectivity index (χ1n) is 11.4. The summed E-state index contributed by atoms with van der Waals surface area (Å²) in [7, 11) is 0. The summed E-state index contributed by atoms with van der Waals surface area (Å²) in [6.45, 7) is 10.8. The van der Waals surface area contributed by atoms with Gasteiger partial charge in [-0.1, -0.05) is 19.9 Å². The largest absolute Gasteiger partial charge is 0.505 e. The normalized spacial score (nSPS) is 18.2. The van der Waals surface area contributed by atoms with Crippen LogP contribution in [-0.2, 0) is 9.59 Å². The van der Waals surface area contributed by atoms with Crippen molar-refractivity contribution < 1.29 is 19.1 Å². The van der Waals surface area contributed by atoms with E-state index >= 15 is 0 Å². The number of hydrogen-bond acceptors (Lipinski definition) is 6. The zero-order chi connectivity index (χ0) is 23.7. The second-order valence-corrected chi connectivity index (χ2v) is 8.30. The van der Waals surface area contributed by atoms with Crippen LogP contribution < -0.4 is 0 Å². The lowest BCUT2D eigenvalue weighted by Crippen LogP contribution is -2.33. The Balaban J connectivity index is 1.79. The van der Waals surface area contributed by atoms with Gasteiger partial charge in [0, 0.05) is 12.7 Å². The van der Waals surface area contributed by atoms with Crippen molar-refractivity contribution in [3.8, 4) is 0 Å². The molecule has 1 N–H and O–H groups in total. The summed E-state index contributed by atoms with van der Waals surface area (Å²) in [4.78, 5) is 34.6. The van der Waals surface area contributed by atoms with Crippen molar-refractivity contribution in [1.82, 2.24) is 19.2 Å². The van der Waals surface area contributed by atoms with Gasteiger partial charge in [0.05, 0.1) is 11.3 Å². The molecule has 0 radical (unpaired) electrons. The van der Waals surface area contributed by atoms with E-state index in [4.69, 9.17) is 4.42 Å². The molecule has 1 atom stereocenters. The van der Waals surface area contributed by atoms with Gasteiger partial charge in [0.2, 0.25) is 0 Å². The van der Waals surface area contributed by atoms with Gasteiger partial charge in [-0.25, -0.2) is 4.98 Å². The lowest BCUT2D eigenvalue weighted by molar-refractivity contribution is -0.140. The maximum atomic E-state index is 13.2. The van der Waals surface area contributed by atoms with Crippen molar-refractivity contribution in [1.29, 1.82) is 0 Å². The molecule has 33 heavy (non-hydrogen) atoms. The third-order valence-electron chi connectivity index (χ3n) is 6.27. The fraction of sp³-hybridized carbons (Fsp3) is 0.400. The molecule has 1 aliphatic heterocycles. The number of rotatable bonds is 8. The predicted octanol–water partition coefficient (Wildman–Crippen LogP) is 3.70. The van der Waals surface area contributed by atoms with E-state index in [-0.39, 0.29) is 11.3 Å². The number of likely N-dealkylation sites (tertiary alicyclic amines) is 1. The molecule has 0 bridgehead atoms. The first-order chi connectivity index (χ1) is 15.9. The van der Waals surface area contributed by atoms with Crippen LogP contribution in [0.3, 0.4) is 0 Å². The summed E-state index contributed by atoms with van der Waals surface area (Å²) in [5.74, 6) is -0.441. The van der Waals surface area contributed by atoms with Crippen LogP contribution in [-0.4, -0.2) is 62.2 Å². The molecule has 174 valence electrons. The lowest BCUT2D eigenvalue weighted by atomic mass is 10.0. The van der Waals surface area contributed by atoms with Crippen molar-refractivity contribution in [2.75, 3.05) is 26.2 Å². The van der Waals surface area contributed by atoms with Gasteiger partial charge in [0.1, 0.15) is 28.9 Å². The molecule has 1 saturated heterocycles. The molecule has 4 rings (SSSR count). The average molecular weight is 451 g/mol. The third kappa shape index (κ3) is 4.06. The van der Waals surface area contributed by atoms with Gasteiger partial charge < -0.3 is 19.3 Å². The predicted molar refractivity (Wildman–Crippen MR) is 125 cm³/mol. The number of carbonyl (C=O) groups excluding carboxylic acids is 2. The van der Waals surface area contributed by atoms with Gasteiger partial charge in [-0.05, 0) is 64.2 Å². The minimum Gasteiger partial charge on any atom is -0.505 e. The maximum absolute atomic E-state index is 13.2. The van der Waals surface area contributed by atoms with Crippen molar-refractivity contribution in [2.24, 2.45) is 0 Å². The van der Waals surface area contributed by atoms with E-state index in [1.165, 1.54) is 4.90 Å². The van der Waals surface area contributed by atoms with Gasteiger partial charge in [-0.2, -0.15) is 0 Å².